The van der Waals surface area contributed by atoms with Crippen molar-refractivity contribution in [3.05, 3.63) is 59.7 Å². The third kappa shape index (κ3) is 5.63. The lowest BCUT2D eigenvalue weighted by molar-refractivity contribution is 0.314. The van der Waals surface area contributed by atoms with Crippen molar-refractivity contribution < 1.29 is 4.74 Å². The summed E-state index contributed by atoms with van der Waals surface area (Å²) >= 11 is 0. The second-order valence-corrected chi connectivity index (χ2v) is 7.85. The molecule has 1 nitrogen and oxygen atoms in total. The summed E-state index contributed by atoms with van der Waals surface area (Å²) in [5.41, 5.74) is 2.48. The average Bonchev–Trinajstić information content (AvgIpc) is 2.84. The van der Waals surface area contributed by atoms with E-state index in [0.717, 1.165) is 35.2 Å². The first-order valence-corrected chi connectivity index (χ1v) is 9.71. The third-order valence-corrected chi connectivity index (χ3v) is 5.80. The average molecular weight is 339 g/mol. The standard InChI is InChI=1S/C14H14O.C10H20/c1-11-3-7-13(8-4-11)15-14-9-5-12(2)6-10-14;1-5-10-8(3)6-7(2)9(10)4/h3-10H,1-2H3;7-10H,5-6H2,1-4H3. The highest BCUT2D eigenvalue weighted by atomic mass is 16.5. The highest BCUT2D eigenvalue weighted by Crippen LogP contribution is 2.42. The molecule has 1 saturated carbocycles. The molecule has 0 spiro atoms. The minimum Gasteiger partial charge on any atom is -0.457 e. The molecule has 2 aromatic rings. The molecule has 0 amide bonds. The molecule has 25 heavy (non-hydrogen) atoms. The van der Waals surface area contributed by atoms with Crippen LogP contribution in [0.25, 0.3) is 0 Å². The van der Waals surface area contributed by atoms with E-state index < -0.39 is 0 Å². The number of benzene rings is 2. The summed E-state index contributed by atoms with van der Waals surface area (Å²) < 4.78 is 5.69. The van der Waals surface area contributed by atoms with Gasteiger partial charge in [-0.25, -0.2) is 0 Å². The van der Waals surface area contributed by atoms with E-state index >= 15 is 0 Å². The predicted molar refractivity (Wildman–Crippen MR) is 108 cm³/mol. The molecule has 4 atom stereocenters. The van der Waals surface area contributed by atoms with Gasteiger partial charge in [-0.2, -0.15) is 0 Å². The molecule has 136 valence electrons. The minimum absolute atomic E-state index is 0.879. The van der Waals surface area contributed by atoms with Crippen molar-refractivity contribution in [3.63, 3.8) is 0 Å². The molecule has 0 bridgehead atoms. The molecule has 0 heterocycles. The normalized spacial score (nSPS) is 25.2. The molecule has 0 N–H and O–H groups in total. The molecule has 0 saturated heterocycles. The van der Waals surface area contributed by atoms with Gasteiger partial charge in [0.2, 0.25) is 0 Å². The Morgan fingerprint density at radius 1 is 0.760 bits per heavy atom. The molecule has 3 rings (SSSR count). The lowest BCUT2D eigenvalue weighted by Gasteiger charge is -2.18. The zero-order valence-corrected chi connectivity index (χ0v) is 16.8. The number of rotatable bonds is 3. The Morgan fingerprint density at radius 3 is 1.48 bits per heavy atom. The van der Waals surface area contributed by atoms with Crippen LogP contribution in [0.2, 0.25) is 0 Å². The Morgan fingerprint density at radius 2 is 1.20 bits per heavy atom. The van der Waals surface area contributed by atoms with Crippen LogP contribution in [0, 0.1) is 37.5 Å². The second-order valence-electron chi connectivity index (χ2n) is 7.85. The van der Waals surface area contributed by atoms with Gasteiger partial charge >= 0.3 is 0 Å². The quantitative estimate of drug-likeness (QED) is 0.565. The van der Waals surface area contributed by atoms with Crippen molar-refractivity contribution in [1.82, 2.24) is 0 Å². The van der Waals surface area contributed by atoms with Crippen molar-refractivity contribution in [2.75, 3.05) is 0 Å². The maximum atomic E-state index is 5.69. The van der Waals surface area contributed by atoms with E-state index in [0.29, 0.717) is 0 Å². The van der Waals surface area contributed by atoms with Crippen molar-refractivity contribution >= 4 is 0 Å². The Hall–Kier alpha value is -1.76. The first-order chi connectivity index (χ1) is 11.9. The lowest BCUT2D eigenvalue weighted by atomic mass is 9.88. The van der Waals surface area contributed by atoms with E-state index in [9.17, 15) is 0 Å². The van der Waals surface area contributed by atoms with Gasteiger partial charge < -0.3 is 4.74 Å². The van der Waals surface area contributed by atoms with Gasteiger partial charge in [0.15, 0.2) is 0 Å². The molecule has 0 radical (unpaired) electrons. The topological polar surface area (TPSA) is 9.23 Å². The Kier molecular flexibility index (Phi) is 7.11. The number of ether oxygens (including phenoxy) is 1. The van der Waals surface area contributed by atoms with Crippen LogP contribution in [0.15, 0.2) is 48.5 Å². The molecular weight excluding hydrogens is 304 g/mol. The van der Waals surface area contributed by atoms with Crippen LogP contribution in [0.4, 0.5) is 0 Å². The van der Waals surface area contributed by atoms with Crippen LogP contribution in [0.1, 0.15) is 51.7 Å². The summed E-state index contributed by atoms with van der Waals surface area (Å²) in [7, 11) is 0. The third-order valence-electron chi connectivity index (χ3n) is 5.80. The number of hydrogen-bond donors (Lipinski definition) is 0. The van der Waals surface area contributed by atoms with Gasteiger partial charge in [0, 0.05) is 0 Å². The largest absolute Gasteiger partial charge is 0.457 e. The van der Waals surface area contributed by atoms with E-state index in [4.69, 9.17) is 4.74 Å². The highest BCUT2D eigenvalue weighted by molar-refractivity contribution is 5.33. The van der Waals surface area contributed by atoms with Crippen molar-refractivity contribution in [3.8, 4) is 11.5 Å². The van der Waals surface area contributed by atoms with Crippen LogP contribution in [-0.4, -0.2) is 0 Å². The van der Waals surface area contributed by atoms with E-state index in [1.165, 1.54) is 24.0 Å². The minimum atomic E-state index is 0.879. The van der Waals surface area contributed by atoms with Crippen LogP contribution in [-0.2, 0) is 0 Å². The fourth-order valence-corrected chi connectivity index (χ4v) is 4.04. The maximum absolute atomic E-state index is 5.69. The molecular formula is C24H34O. The van der Waals surface area contributed by atoms with Gasteiger partial charge in [-0.05, 0) is 68.2 Å². The van der Waals surface area contributed by atoms with Gasteiger partial charge in [-0.1, -0.05) is 69.5 Å². The van der Waals surface area contributed by atoms with Gasteiger partial charge in [0.25, 0.3) is 0 Å². The lowest BCUT2D eigenvalue weighted by Crippen LogP contribution is -2.10. The van der Waals surface area contributed by atoms with Gasteiger partial charge in [0.1, 0.15) is 11.5 Å². The van der Waals surface area contributed by atoms with Gasteiger partial charge in [-0.15, -0.1) is 0 Å². The SMILES string of the molecule is CCC1C(C)CC(C)C1C.Cc1ccc(Oc2ccc(C)cc2)cc1. The van der Waals surface area contributed by atoms with Crippen LogP contribution >= 0.6 is 0 Å². The molecule has 0 aliphatic heterocycles. The summed E-state index contributed by atoms with van der Waals surface area (Å²) in [5, 5.41) is 0. The maximum Gasteiger partial charge on any atom is 0.127 e. The summed E-state index contributed by atoms with van der Waals surface area (Å²) in [6, 6.07) is 16.1. The molecule has 0 aromatic heterocycles. The Bertz CT molecular complexity index is 583. The Labute approximate surface area is 154 Å². The molecule has 1 aliphatic rings. The van der Waals surface area contributed by atoms with E-state index in [1.807, 2.05) is 48.5 Å². The summed E-state index contributed by atoms with van der Waals surface area (Å²) in [5.74, 6) is 5.69. The fraction of sp³-hybridized carbons (Fsp3) is 0.500. The molecule has 4 unspecified atom stereocenters. The van der Waals surface area contributed by atoms with Crippen molar-refractivity contribution in [1.29, 1.82) is 0 Å². The van der Waals surface area contributed by atoms with Crippen LogP contribution in [0.3, 0.4) is 0 Å². The van der Waals surface area contributed by atoms with Gasteiger partial charge in [-0.3, -0.25) is 0 Å². The first kappa shape index (κ1) is 19.6. The Balaban J connectivity index is 0.000000196. The van der Waals surface area contributed by atoms with E-state index in [2.05, 4.69) is 41.5 Å². The summed E-state index contributed by atoms with van der Waals surface area (Å²) in [4.78, 5) is 0. The fourth-order valence-electron chi connectivity index (χ4n) is 4.04. The van der Waals surface area contributed by atoms with E-state index in [-0.39, 0.29) is 0 Å². The smallest absolute Gasteiger partial charge is 0.127 e. The van der Waals surface area contributed by atoms with Crippen molar-refractivity contribution in [2.45, 2.75) is 54.4 Å². The van der Waals surface area contributed by atoms with Crippen molar-refractivity contribution in [2.24, 2.45) is 23.7 Å². The predicted octanol–water partition coefficient (Wildman–Crippen LogP) is 7.42. The highest BCUT2D eigenvalue weighted by Gasteiger charge is 2.33. The second kappa shape index (κ2) is 9.08. The van der Waals surface area contributed by atoms with Gasteiger partial charge in [0.05, 0.1) is 0 Å². The molecule has 1 fully saturated rings. The monoisotopic (exact) mass is 338 g/mol. The molecule has 1 heteroatoms. The van der Waals surface area contributed by atoms with Crippen LogP contribution in [0.5, 0.6) is 11.5 Å². The number of hydrogen-bond acceptors (Lipinski definition) is 1. The van der Waals surface area contributed by atoms with E-state index in [1.54, 1.807) is 0 Å². The van der Waals surface area contributed by atoms with Crippen LogP contribution < -0.4 is 4.74 Å². The molecule has 2 aromatic carbocycles. The first-order valence-electron chi connectivity index (χ1n) is 9.71. The summed E-state index contributed by atoms with van der Waals surface area (Å²) in [6.07, 6.45) is 2.84. The zero-order valence-electron chi connectivity index (χ0n) is 16.8. The zero-order chi connectivity index (χ0) is 18.4. The molecule has 1 aliphatic carbocycles. The number of aryl methyl sites for hydroxylation is 2. The summed E-state index contributed by atoms with van der Waals surface area (Å²) in [6.45, 7) is 13.7.